The summed E-state index contributed by atoms with van der Waals surface area (Å²) < 4.78 is 14.7. The van der Waals surface area contributed by atoms with E-state index in [1.54, 1.807) is 0 Å². The fourth-order valence-corrected chi connectivity index (χ4v) is 2.02. The lowest BCUT2D eigenvalue weighted by molar-refractivity contribution is -0.116. The molecule has 120 valence electrons. The molecule has 0 rings (SSSR count). The second kappa shape index (κ2) is 11.7. The molecule has 0 saturated carbocycles. The number of carbonyl (C=O) groups excluding carboxylic acids is 1. The molecule has 1 N–H and O–H groups in total. The SMILES string of the molecule is CC(C)=CCCC(C)=CCCC(C)=CC(=O)CO[PH](=O)O. The van der Waals surface area contributed by atoms with Gasteiger partial charge in [0.1, 0.15) is 6.61 Å². The van der Waals surface area contributed by atoms with Crippen LogP contribution in [-0.4, -0.2) is 17.3 Å². The number of hydrogen-bond acceptors (Lipinski definition) is 3. The van der Waals surface area contributed by atoms with Gasteiger partial charge in [0.15, 0.2) is 5.78 Å². The molecule has 0 radical (unpaired) electrons. The molecule has 0 aliphatic rings. The Balaban J connectivity index is 4.06. The van der Waals surface area contributed by atoms with Crippen LogP contribution in [0, 0.1) is 0 Å². The van der Waals surface area contributed by atoms with Crippen LogP contribution < -0.4 is 0 Å². The molecule has 0 bridgehead atoms. The van der Waals surface area contributed by atoms with E-state index in [-0.39, 0.29) is 12.4 Å². The van der Waals surface area contributed by atoms with Crippen LogP contribution in [-0.2, 0) is 13.9 Å². The molecule has 0 aliphatic carbocycles. The van der Waals surface area contributed by atoms with Crippen LogP contribution in [0.1, 0.15) is 53.4 Å². The number of rotatable bonds is 10. The minimum atomic E-state index is -3.02. The maximum Gasteiger partial charge on any atom is 0.317 e. The molecule has 21 heavy (non-hydrogen) atoms. The summed E-state index contributed by atoms with van der Waals surface area (Å²) >= 11 is 0. The molecule has 1 atom stereocenters. The van der Waals surface area contributed by atoms with Crippen molar-refractivity contribution < 1.29 is 18.8 Å². The molecule has 0 fully saturated rings. The third kappa shape index (κ3) is 13.8. The van der Waals surface area contributed by atoms with E-state index in [1.807, 2.05) is 6.92 Å². The second-order valence-corrected chi connectivity index (χ2v) is 6.24. The highest BCUT2D eigenvalue weighted by Crippen LogP contribution is 2.14. The van der Waals surface area contributed by atoms with Gasteiger partial charge in [-0.05, 0) is 59.5 Å². The average molecular weight is 314 g/mol. The number of hydrogen-bond donors (Lipinski definition) is 1. The van der Waals surface area contributed by atoms with Gasteiger partial charge >= 0.3 is 8.25 Å². The van der Waals surface area contributed by atoms with Gasteiger partial charge in [0, 0.05) is 0 Å². The van der Waals surface area contributed by atoms with Crippen molar-refractivity contribution in [2.45, 2.75) is 53.4 Å². The Bertz CT molecular complexity index is 443. The van der Waals surface area contributed by atoms with E-state index in [4.69, 9.17) is 4.89 Å². The molecule has 4 nitrogen and oxygen atoms in total. The van der Waals surface area contributed by atoms with Crippen LogP contribution in [0.3, 0.4) is 0 Å². The summed E-state index contributed by atoms with van der Waals surface area (Å²) in [6.07, 6.45) is 9.74. The Hall–Kier alpha value is -0.960. The van der Waals surface area contributed by atoms with Crippen molar-refractivity contribution in [2.24, 2.45) is 0 Å². The third-order valence-electron chi connectivity index (χ3n) is 2.87. The first-order chi connectivity index (χ1) is 9.81. The summed E-state index contributed by atoms with van der Waals surface area (Å²) in [7, 11) is -3.02. The van der Waals surface area contributed by atoms with Gasteiger partial charge in [0.05, 0.1) is 0 Å². The molecule has 5 heteroatoms. The first kappa shape index (κ1) is 20.0. The minimum absolute atomic E-state index is 0.274. The highest BCUT2D eigenvalue weighted by molar-refractivity contribution is 7.32. The molecular weight excluding hydrogens is 287 g/mol. The van der Waals surface area contributed by atoms with Gasteiger partial charge in [-0.15, -0.1) is 0 Å². The molecule has 0 aromatic rings. The maximum absolute atomic E-state index is 11.4. The van der Waals surface area contributed by atoms with E-state index >= 15 is 0 Å². The average Bonchev–Trinajstić information content (AvgIpc) is 2.35. The molecule has 0 spiro atoms. The molecule has 1 unspecified atom stereocenters. The second-order valence-electron chi connectivity index (χ2n) is 5.42. The fraction of sp³-hybridized carbons (Fsp3) is 0.562. The molecule has 0 amide bonds. The Labute approximate surface area is 128 Å². The first-order valence-corrected chi connectivity index (χ1v) is 8.42. The van der Waals surface area contributed by atoms with Gasteiger partial charge in [0.25, 0.3) is 0 Å². The molecule has 0 aromatic carbocycles. The summed E-state index contributed by atoms with van der Waals surface area (Å²) in [5, 5.41) is 0. The van der Waals surface area contributed by atoms with Crippen LogP contribution in [0.25, 0.3) is 0 Å². The van der Waals surface area contributed by atoms with Crippen molar-refractivity contribution in [3.63, 3.8) is 0 Å². The van der Waals surface area contributed by atoms with Crippen molar-refractivity contribution in [1.82, 2.24) is 0 Å². The lowest BCUT2D eigenvalue weighted by Gasteiger charge is -2.01. The van der Waals surface area contributed by atoms with E-state index in [9.17, 15) is 9.36 Å². The Morgan fingerprint density at radius 2 is 1.62 bits per heavy atom. The summed E-state index contributed by atoms with van der Waals surface area (Å²) in [5.74, 6) is -0.274. The summed E-state index contributed by atoms with van der Waals surface area (Å²) in [6, 6.07) is 0. The van der Waals surface area contributed by atoms with E-state index in [1.165, 1.54) is 17.2 Å². The van der Waals surface area contributed by atoms with Crippen molar-refractivity contribution in [3.05, 3.63) is 34.9 Å². The Morgan fingerprint density at radius 3 is 2.19 bits per heavy atom. The van der Waals surface area contributed by atoms with Crippen molar-refractivity contribution in [1.29, 1.82) is 0 Å². The monoisotopic (exact) mass is 314 g/mol. The molecule has 0 aliphatic heterocycles. The number of allylic oxidation sites excluding steroid dienone is 5. The predicted octanol–water partition coefficient (Wildman–Crippen LogP) is 4.37. The lowest BCUT2D eigenvalue weighted by atomic mass is 10.1. The van der Waals surface area contributed by atoms with Crippen LogP contribution >= 0.6 is 8.25 Å². The largest absolute Gasteiger partial charge is 0.326 e. The van der Waals surface area contributed by atoms with Crippen LogP contribution in [0.2, 0.25) is 0 Å². The zero-order chi connectivity index (χ0) is 16.3. The van der Waals surface area contributed by atoms with E-state index in [0.29, 0.717) is 0 Å². The number of carbonyl (C=O) groups is 1. The smallest absolute Gasteiger partial charge is 0.317 e. The van der Waals surface area contributed by atoms with Gasteiger partial charge in [0.2, 0.25) is 0 Å². The highest BCUT2D eigenvalue weighted by Gasteiger charge is 2.01. The Kier molecular flexibility index (Phi) is 11.1. The van der Waals surface area contributed by atoms with Crippen LogP contribution in [0.5, 0.6) is 0 Å². The van der Waals surface area contributed by atoms with Crippen molar-refractivity contribution in [3.8, 4) is 0 Å². The van der Waals surface area contributed by atoms with Gasteiger partial charge < -0.3 is 9.42 Å². The summed E-state index contributed by atoms with van der Waals surface area (Å²) in [4.78, 5) is 19.9. The molecule has 0 heterocycles. The normalized spacial score (nSPS) is 14.0. The zero-order valence-corrected chi connectivity index (χ0v) is 14.4. The Morgan fingerprint density at radius 1 is 1.05 bits per heavy atom. The van der Waals surface area contributed by atoms with Crippen LogP contribution in [0.4, 0.5) is 0 Å². The van der Waals surface area contributed by atoms with E-state index in [2.05, 4.69) is 37.4 Å². The first-order valence-electron chi connectivity index (χ1n) is 7.16. The van der Waals surface area contributed by atoms with Gasteiger partial charge in [-0.2, -0.15) is 0 Å². The van der Waals surface area contributed by atoms with Crippen molar-refractivity contribution >= 4 is 14.0 Å². The van der Waals surface area contributed by atoms with Gasteiger partial charge in [-0.3, -0.25) is 9.36 Å². The predicted molar refractivity (Wildman–Crippen MR) is 87.6 cm³/mol. The minimum Gasteiger partial charge on any atom is -0.326 e. The van der Waals surface area contributed by atoms with Gasteiger partial charge in [-0.1, -0.05) is 28.9 Å². The highest BCUT2D eigenvalue weighted by atomic mass is 31.1. The van der Waals surface area contributed by atoms with Gasteiger partial charge in [-0.25, -0.2) is 0 Å². The standard InChI is InChI=1S/C16H27O4P/c1-13(2)7-5-8-14(3)9-6-10-15(4)11-16(17)12-20-21(18)19/h7,9,11,21H,5-6,8,10,12H2,1-4H3,(H,18,19). The van der Waals surface area contributed by atoms with E-state index in [0.717, 1.165) is 31.3 Å². The lowest BCUT2D eigenvalue weighted by Crippen LogP contribution is -2.02. The quantitative estimate of drug-likeness (QED) is 0.369. The fourth-order valence-electron chi connectivity index (χ4n) is 1.76. The van der Waals surface area contributed by atoms with Crippen LogP contribution in [0.15, 0.2) is 34.9 Å². The van der Waals surface area contributed by atoms with Crippen molar-refractivity contribution in [2.75, 3.05) is 6.61 Å². The third-order valence-corrected chi connectivity index (χ3v) is 3.26. The topological polar surface area (TPSA) is 63.6 Å². The van der Waals surface area contributed by atoms with E-state index < -0.39 is 8.25 Å². The summed E-state index contributed by atoms with van der Waals surface area (Å²) in [5.41, 5.74) is 3.65. The molecule has 0 aromatic heterocycles. The molecular formula is C16H27O4P. The summed E-state index contributed by atoms with van der Waals surface area (Å²) in [6.45, 7) is 7.87. The molecule has 0 saturated heterocycles. The zero-order valence-electron chi connectivity index (χ0n) is 13.4. The number of ketones is 1. The maximum atomic E-state index is 11.4.